The number of methoxy groups -OCH3 is 2. The Bertz CT molecular complexity index is 5640. The van der Waals surface area contributed by atoms with E-state index in [0.717, 1.165) is 69.7 Å². The number of hydrogen-bond acceptors (Lipinski definition) is 27. The number of halogens is 2. The van der Waals surface area contributed by atoms with Gasteiger partial charge in [-0.25, -0.2) is 37.8 Å². The van der Waals surface area contributed by atoms with Gasteiger partial charge in [0.1, 0.15) is 44.7 Å². The molecule has 4 amide bonds. The van der Waals surface area contributed by atoms with E-state index in [2.05, 4.69) is 150 Å². The Morgan fingerprint density at radius 1 is 0.479 bits per heavy atom. The molecule has 6 aromatic carbocycles. The van der Waals surface area contributed by atoms with Crippen molar-refractivity contribution in [1.29, 1.82) is 0 Å². The number of amides is 4. The largest absolute Gasteiger partial charge is 1.00 e. The number of ether oxygens (including phenoxy) is 7. The van der Waals surface area contributed by atoms with E-state index < -0.39 is 106 Å². The van der Waals surface area contributed by atoms with Crippen LogP contribution in [0.1, 0.15) is 77.4 Å². The van der Waals surface area contributed by atoms with Crippen LogP contribution in [-0.4, -0.2) is 274 Å². The molecule has 0 fully saturated rings. The van der Waals surface area contributed by atoms with Crippen LogP contribution < -0.4 is 113 Å². The molecule has 9 N–H and O–H groups in total. The van der Waals surface area contributed by atoms with Crippen molar-refractivity contribution in [3.05, 3.63) is 257 Å². The summed E-state index contributed by atoms with van der Waals surface area (Å²) in [5, 5.41) is 46.7. The van der Waals surface area contributed by atoms with E-state index in [4.69, 9.17) is 49.9 Å². The summed E-state index contributed by atoms with van der Waals surface area (Å²) in [6, 6.07) is 58.0. The summed E-state index contributed by atoms with van der Waals surface area (Å²) >= 11 is 5.77. The number of ketones is 2. The van der Waals surface area contributed by atoms with Gasteiger partial charge in [0.2, 0.25) is 11.6 Å². The molecule has 0 saturated carbocycles. The number of primary amides is 2. The molecule has 142 heavy (non-hydrogen) atoms. The molecule has 11 aromatic rings. The van der Waals surface area contributed by atoms with Crippen molar-refractivity contribution in [3.8, 4) is 44.5 Å². The van der Waals surface area contributed by atoms with E-state index in [0.29, 0.717) is 66.7 Å². The number of carbonyl (C=O) groups is 10. The van der Waals surface area contributed by atoms with Crippen LogP contribution >= 0.6 is 36.6 Å². The summed E-state index contributed by atoms with van der Waals surface area (Å²) in [7, 11) is -4.98. The summed E-state index contributed by atoms with van der Waals surface area (Å²) < 4.78 is 54.8. The molecule has 0 saturated heterocycles. The molecule has 0 aliphatic carbocycles. The molecule has 37 nitrogen and oxygen atoms in total. The quantitative estimate of drug-likeness (QED) is 0.00327. The minimum atomic E-state index is -3.15. The number of rotatable bonds is 41. The third kappa shape index (κ3) is 54.1. The van der Waals surface area contributed by atoms with E-state index in [1.807, 2.05) is 176 Å². The van der Waals surface area contributed by atoms with Gasteiger partial charge in [-0.1, -0.05) is 261 Å². The Morgan fingerprint density at radius 3 is 1.06 bits per heavy atom. The second kappa shape index (κ2) is 72.2. The van der Waals surface area contributed by atoms with Crippen molar-refractivity contribution in [1.82, 2.24) is 60.0 Å². The standard InChI is InChI=1S/C26H32N4O4Si.C20H18N4O3.C17H24N2O3Si.C16H22N2O3Si.C11H19BrN2O3Si.C4H8O2.ClH.3K.Na.HO4P.H2O/c1-35(2,3)15-14-34-18-30-17-21(20-12-8-5-9-13-20)23(29-30)26(33)28-22(24(31)25(27)32)16-19-10-6-4-7-11-19;21-19(26)18(25)16(11-13-7-3-1-4-8-13)23-20(27)17-15(12-22-24-17)14-9-5-2-6-10-14;1-21-17(20)16-15(14-8-6-5-7-9-14)12-19(18-16)13-22-10-11-23(2,3)4;1-22(2,3)10-9-21-12-18-11-14(15(17-18)16(19)20)13-7-5-4-6-8-13;1-16-11(15)10-9(12)7-14(13-10)8-17-5-6-18(2,3)4;1-3-6-4(2)5;;;;;;1-4-5(2)3;/h4-13,17,22H,14-16,18H2,1-3H3,(H2,27,32)(H,28,33);1-10,12,16H,11H2,(H2,21,26)(H,22,24)(H,23,27);5-9,12H,10-11,13H2,1-4H3;4-8,11H,9-10,12H2,1-3H3,(H,19,20);7H,5-6,8H2,1-4H3;3H2,1-2H3;1H;;;;;1H;1H2/q;;;;;;;;;2*+1;;/p-2/t22-;16-;;;;;;;;;;;/m00.........../s1. The van der Waals surface area contributed by atoms with Gasteiger partial charge in [0.05, 0.1) is 31.5 Å². The molecule has 1 unspecified atom stereocenters. The molecule has 0 radical (unpaired) electrons. The van der Waals surface area contributed by atoms with Crippen molar-refractivity contribution >= 4 is 191 Å². The van der Waals surface area contributed by atoms with Crippen LogP contribution in [0.15, 0.2) is 217 Å². The molecule has 5 aromatic heterocycles. The van der Waals surface area contributed by atoms with Crippen LogP contribution in [0.3, 0.4) is 0 Å². The molecule has 5 heterocycles. The Morgan fingerprint density at radius 2 is 0.761 bits per heavy atom. The number of esters is 3. The second-order valence-corrected chi connectivity index (χ2v) is 59.0. The van der Waals surface area contributed by atoms with E-state index in [9.17, 15) is 53.1 Å². The number of hydrogen-bond donors (Lipinski definition) is 6. The van der Waals surface area contributed by atoms with Crippen LogP contribution in [-0.2, 0) is 106 Å². The number of H-pyrrole nitrogens is 1. The average molecular weight is 2220 g/mol. The minimum absolute atomic E-state index is 0. The van der Waals surface area contributed by atoms with E-state index in [-0.39, 0.29) is 154 Å². The topological polar surface area (TPSA) is 534 Å². The van der Waals surface area contributed by atoms with Gasteiger partial charge in [0.25, 0.3) is 23.6 Å². The van der Waals surface area contributed by atoms with Gasteiger partial charge in [-0.15, -0.1) is 12.4 Å². The number of carboxylic acid groups (broad SMARTS) is 1. The zero-order valence-corrected chi connectivity index (χ0v) is 103. The van der Waals surface area contributed by atoms with Crippen molar-refractivity contribution < 1.29 is 192 Å². The molecule has 11 rings (SSSR count). The van der Waals surface area contributed by atoms with Crippen LogP contribution in [0, 0.1) is 0 Å². The first kappa shape index (κ1) is 136. The zero-order valence-electron chi connectivity index (χ0n) is 84.3. The van der Waals surface area contributed by atoms with Crippen LogP contribution in [0.5, 0.6) is 0 Å². The number of nitrogens with zero attached hydrogens (tertiary/aromatic N) is 9. The zero-order chi connectivity index (χ0) is 103. The number of aromatic amines is 1. The van der Waals surface area contributed by atoms with Crippen molar-refractivity contribution in [3.63, 3.8) is 0 Å². The second-order valence-electron chi connectivity index (χ2n) is 35.1. The fourth-order valence-corrected chi connectivity index (χ4v) is 15.3. The third-order valence-corrected chi connectivity index (χ3v) is 26.5. The number of carbonyl (C=O) groups excluding carboxylic acids is 9. The van der Waals surface area contributed by atoms with Gasteiger partial charge >= 0.3 is 176 Å². The van der Waals surface area contributed by atoms with Crippen molar-refractivity contribution in [2.24, 2.45) is 11.5 Å². The number of aromatic nitrogens is 10. The SMILES string of the molecule is CCOC(C)=O.COC(=O)c1nn(COCC[Si](C)(C)C)cc1-c1ccccc1.COC(=O)c1nn(COCC[Si](C)(C)C)cc1Br.C[Si](C)(C)CCOCn1cc(-c2ccccc2)c(C(=O)N[C@@H](Cc2ccccc2)C(=O)C(N)=O)n1.C[Si](C)(C)CCOCn1cc(-c2ccccc2)c(C(=O)O)n1.Cl.NC(=O)C(=O)[C@H](Cc1ccccc1)NC(=O)c1[nH]ncc1-c1ccccc1.O=[P+]([O-])O[O-].[K+].[K][K].[Na+].[OH-]. The third-order valence-electron chi connectivity index (χ3n) is 19.0. The minimum Gasteiger partial charge on any atom is -0.870 e. The summed E-state index contributed by atoms with van der Waals surface area (Å²) in [5.74, 6) is -7.16. The maximum Gasteiger partial charge on any atom is 1.00 e. The van der Waals surface area contributed by atoms with E-state index in [1.165, 1.54) is 90.5 Å². The fourth-order valence-electron chi connectivity index (χ4n) is 11.8. The Hall–Kier alpha value is -6.20. The molecule has 0 bridgehead atoms. The molecule has 3 atom stereocenters. The van der Waals surface area contributed by atoms with E-state index >= 15 is 0 Å². The first-order valence-electron chi connectivity index (χ1n) is 44.2. The van der Waals surface area contributed by atoms with Gasteiger partial charge in [0, 0.05) is 126 Å². The maximum absolute atomic E-state index is 13.3. The monoisotopic (exact) mass is 2210 g/mol. The van der Waals surface area contributed by atoms with Gasteiger partial charge in [-0.05, 0) is 85.0 Å². The Kier molecular flexibility index (Phi) is 69.1. The van der Waals surface area contributed by atoms with Crippen molar-refractivity contribution in [2.75, 3.05) is 47.3 Å². The van der Waals surface area contributed by atoms with Crippen LogP contribution in [0.4, 0.5) is 0 Å². The predicted octanol–water partition coefficient (Wildman–Crippen LogP) is 7.04. The molecular weight excluding hydrogens is 2090 g/mol. The normalized spacial score (nSPS) is 11.1. The van der Waals surface area contributed by atoms with E-state index in [1.54, 1.807) is 56.4 Å². The first-order valence-corrected chi connectivity index (χ1v) is 76.9. The number of benzene rings is 6. The van der Waals surface area contributed by atoms with Gasteiger partial charge in [-0.3, -0.25) is 38.7 Å². The summed E-state index contributed by atoms with van der Waals surface area (Å²) in [4.78, 5) is 127. The number of carboxylic acids is 1. The molecule has 48 heteroatoms. The number of nitrogens with two attached hydrogens (primary N) is 2. The summed E-state index contributed by atoms with van der Waals surface area (Å²) in [6.45, 7) is 35.1. The average Bonchev–Trinajstić information content (AvgIpc) is 1.67. The first-order chi connectivity index (χ1) is 65.3. The smallest absolute Gasteiger partial charge is 0.870 e. The van der Waals surface area contributed by atoms with Gasteiger partial charge < -0.3 is 76.0 Å². The molecular formula is C94H125BrClK3N14NaO23PSi4. The predicted molar refractivity (Wildman–Crippen MR) is 546 cm³/mol. The van der Waals surface area contributed by atoms with Crippen LogP contribution in [0.2, 0.25) is 103 Å². The summed E-state index contributed by atoms with van der Waals surface area (Å²) in [5.41, 5.74) is 18.9. The van der Waals surface area contributed by atoms with Crippen molar-refractivity contribution in [2.45, 2.75) is 168 Å². The molecule has 0 spiro atoms. The molecule has 748 valence electrons. The Labute approximate surface area is 958 Å². The van der Waals surface area contributed by atoms with Gasteiger partial charge in [-0.2, -0.15) is 25.5 Å². The number of Topliss-reactive ketones (excluding diaryl/α,β-unsaturated/α-hetero) is 2. The molecule has 0 aliphatic heterocycles. The van der Waals surface area contributed by atoms with Crippen LogP contribution in [0.25, 0.3) is 44.5 Å². The fraction of sp³-hybridized carbons (Fsp3) is 0.351. The van der Waals surface area contributed by atoms with Gasteiger partial charge in [0.15, 0.2) is 22.8 Å². The maximum atomic E-state index is 13.3. The Balaban J connectivity index is 0.00000171. The summed E-state index contributed by atoms with van der Waals surface area (Å²) in [6.07, 6.45) is 8.84. The molecule has 0 aliphatic rings. The number of nitrogens with one attached hydrogen (secondary N) is 3. The number of aromatic carboxylic acids is 1.